The number of hydrogen-bond donors (Lipinski definition) is 0. The Morgan fingerprint density at radius 3 is 2.14 bits per heavy atom. The van der Waals surface area contributed by atoms with Crippen LogP contribution in [0, 0.1) is 0 Å². The van der Waals surface area contributed by atoms with Crippen molar-refractivity contribution in [1.29, 1.82) is 0 Å². The van der Waals surface area contributed by atoms with E-state index in [9.17, 15) is 26.3 Å². The fourth-order valence-electron chi connectivity index (χ4n) is 1.10. The van der Waals surface area contributed by atoms with E-state index in [-0.39, 0.29) is 15.8 Å². The van der Waals surface area contributed by atoms with Gasteiger partial charge in [-0.05, 0) is 37.9 Å². The van der Waals surface area contributed by atoms with E-state index in [0.29, 0.717) is 12.3 Å². The van der Waals surface area contributed by atoms with Gasteiger partial charge in [-0.3, -0.25) is 0 Å². The summed E-state index contributed by atoms with van der Waals surface area (Å²) in [5.41, 5.74) is -1.02. The molecule has 0 aliphatic heterocycles. The van der Waals surface area contributed by atoms with Gasteiger partial charge in [0.1, 0.15) is 5.03 Å². The molecule has 0 fully saturated rings. The third-order valence-corrected chi connectivity index (χ3v) is 5.67. The first-order valence-electron chi connectivity index (χ1n) is 5.15. The van der Waals surface area contributed by atoms with Gasteiger partial charge in [-0.1, -0.05) is 11.6 Å². The van der Waals surface area contributed by atoms with E-state index < -0.39 is 27.6 Å². The number of halogens is 9. The van der Waals surface area contributed by atoms with Crippen LogP contribution in [0.3, 0.4) is 0 Å². The molecule has 0 radical (unpaired) electrons. The Hall–Kier alpha value is 0.330. The monoisotopic (exact) mass is 479 g/mol. The summed E-state index contributed by atoms with van der Waals surface area (Å²) in [7, 11) is 0. The van der Waals surface area contributed by atoms with Crippen LogP contribution in [-0.2, 0) is 6.18 Å². The molecule has 0 saturated heterocycles. The van der Waals surface area contributed by atoms with Crippen LogP contribution in [0.25, 0.3) is 0 Å². The maximum absolute atomic E-state index is 13.5. The van der Waals surface area contributed by atoms with Crippen molar-refractivity contribution < 1.29 is 26.3 Å². The van der Waals surface area contributed by atoms with Gasteiger partial charge in [0.2, 0.25) is 4.58 Å². The largest absolute Gasteiger partial charge is 0.417 e. The van der Waals surface area contributed by atoms with Crippen LogP contribution >= 0.6 is 55.2 Å². The molecular weight excluding hydrogens is 475 g/mol. The number of pyridine rings is 1. The molecule has 120 valence electrons. The van der Waals surface area contributed by atoms with Crippen LogP contribution in [0.1, 0.15) is 12.0 Å². The third kappa shape index (κ3) is 5.47. The number of nitrogens with zero attached hydrogens (tertiary/aromatic N) is 1. The highest BCUT2D eigenvalue weighted by molar-refractivity contribution is 9.12. The van der Waals surface area contributed by atoms with E-state index >= 15 is 0 Å². The molecule has 0 N–H and O–H groups in total. The zero-order valence-electron chi connectivity index (χ0n) is 9.83. The van der Waals surface area contributed by atoms with Gasteiger partial charge >= 0.3 is 11.0 Å². The fourth-order valence-corrected chi connectivity index (χ4v) is 2.99. The van der Waals surface area contributed by atoms with Crippen molar-refractivity contribution in [2.45, 2.75) is 27.0 Å². The Morgan fingerprint density at radius 1 is 1.14 bits per heavy atom. The molecule has 1 nitrogen and oxygen atoms in total. The molecule has 0 spiro atoms. The number of alkyl halides is 8. The van der Waals surface area contributed by atoms with Crippen molar-refractivity contribution in [3.05, 3.63) is 22.8 Å². The SMILES string of the molecule is FC(F)(F)c1cnc(SCCC(F)(Br)C(F)(F)Br)c(Cl)c1. The lowest BCUT2D eigenvalue weighted by Crippen LogP contribution is -2.33. The molecular formula is C10H6Br2ClF6NS. The first-order chi connectivity index (χ1) is 9.34. The van der Waals surface area contributed by atoms with Crippen LogP contribution in [-0.4, -0.2) is 20.1 Å². The van der Waals surface area contributed by atoms with Gasteiger partial charge in [0, 0.05) is 18.4 Å². The molecule has 1 unspecified atom stereocenters. The van der Waals surface area contributed by atoms with Gasteiger partial charge in [0.05, 0.1) is 10.6 Å². The van der Waals surface area contributed by atoms with Crippen LogP contribution in [0.2, 0.25) is 5.02 Å². The Morgan fingerprint density at radius 2 is 1.71 bits per heavy atom. The Balaban J connectivity index is 2.70. The maximum atomic E-state index is 13.5. The third-order valence-electron chi connectivity index (χ3n) is 2.20. The molecule has 0 saturated carbocycles. The molecule has 0 aliphatic rings. The topological polar surface area (TPSA) is 12.9 Å². The summed E-state index contributed by atoms with van der Waals surface area (Å²) in [6.45, 7) is 0. The van der Waals surface area contributed by atoms with E-state index in [1.807, 2.05) is 15.9 Å². The Labute approximate surface area is 142 Å². The lowest BCUT2D eigenvalue weighted by Gasteiger charge is -2.23. The molecule has 0 aliphatic carbocycles. The van der Waals surface area contributed by atoms with E-state index in [0.717, 1.165) is 11.8 Å². The molecule has 1 atom stereocenters. The summed E-state index contributed by atoms with van der Waals surface area (Å²) in [6.07, 6.45) is -4.62. The molecule has 0 bridgehead atoms. The predicted molar refractivity (Wildman–Crippen MR) is 76.2 cm³/mol. The zero-order valence-corrected chi connectivity index (χ0v) is 14.6. The van der Waals surface area contributed by atoms with Gasteiger partial charge in [-0.2, -0.15) is 22.0 Å². The Bertz CT molecular complexity index is 505. The minimum Gasteiger partial charge on any atom is -0.248 e. The molecule has 11 heteroatoms. The minimum atomic E-state index is -4.58. The number of hydrogen-bond acceptors (Lipinski definition) is 2. The van der Waals surface area contributed by atoms with Gasteiger partial charge in [-0.25, -0.2) is 9.37 Å². The molecule has 1 aromatic rings. The fraction of sp³-hybridized carbons (Fsp3) is 0.500. The first-order valence-corrected chi connectivity index (χ1v) is 8.09. The highest BCUT2D eigenvalue weighted by atomic mass is 79.9. The van der Waals surface area contributed by atoms with Crippen molar-refractivity contribution >= 4 is 55.2 Å². The average Bonchev–Trinajstić information content (AvgIpc) is 2.28. The second-order valence-corrected chi connectivity index (χ2v) is 7.55. The number of thioether (sulfide) groups is 1. The van der Waals surface area contributed by atoms with E-state index in [4.69, 9.17) is 11.6 Å². The maximum Gasteiger partial charge on any atom is 0.417 e. The summed E-state index contributed by atoms with van der Waals surface area (Å²) in [4.78, 5) is -0.279. The highest BCUT2D eigenvalue weighted by Crippen LogP contribution is 2.46. The van der Waals surface area contributed by atoms with E-state index in [2.05, 4.69) is 20.9 Å². The molecule has 0 aromatic carbocycles. The van der Waals surface area contributed by atoms with E-state index in [1.165, 1.54) is 0 Å². The Kier molecular flexibility index (Phi) is 6.31. The van der Waals surface area contributed by atoms with Gasteiger partial charge in [0.15, 0.2) is 0 Å². The summed E-state index contributed by atoms with van der Waals surface area (Å²) in [5.74, 6) is -0.166. The quantitative estimate of drug-likeness (QED) is 0.279. The summed E-state index contributed by atoms with van der Waals surface area (Å²) in [5, 5.41) is -0.273. The number of aromatic nitrogens is 1. The molecule has 1 rings (SSSR count). The smallest absolute Gasteiger partial charge is 0.248 e. The predicted octanol–water partition coefficient (Wildman–Crippen LogP) is 6.28. The van der Waals surface area contributed by atoms with Crippen molar-refractivity contribution in [3.8, 4) is 0 Å². The van der Waals surface area contributed by atoms with Crippen molar-refractivity contribution in [2.75, 3.05) is 5.75 Å². The summed E-state index contributed by atoms with van der Waals surface area (Å²) in [6, 6.07) is 0.673. The van der Waals surface area contributed by atoms with Crippen molar-refractivity contribution in [1.82, 2.24) is 4.98 Å². The lowest BCUT2D eigenvalue weighted by molar-refractivity contribution is -0.137. The first kappa shape index (κ1) is 19.4. The molecule has 1 aromatic heterocycles. The van der Waals surface area contributed by atoms with Crippen LogP contribution in [0.5, 0.6) is 0 Å². The van der Waals surface area contributed by atoms with Crippen LogP contribution in [0.4, 0.5) is 26.3 Å². The second-order valence-electron chi connectivity index (χ2n) is 3.81. The summed E-state index contributed by atoms with van der Waals surface area (Å²) >= 11 is 10.6. The van der Waals surface area contributed by atoms with Crippen LogP contribution < -0.4 is 0 Å². The number of rotatable bonds is 5. The molecule has 21 heavy (non-hydrogen) atoms. The lowest BCUT2D eigenvalue weighted by atomic mass is 10.3. The van der Waals surface area contributed by atoms with Crippen molar-refractivity contribution in [3.63, 3.8) is 0 Å². The standard InChI is InChI=1S/C10H6Br2ClF6NS/c11-8(14,10(12,18)19)1-2-21-7-6(13)3-5(4-20-7)9(15,16)17/h3-4H,1-2H2. The van der Waals surface area contributed by atoms with Gasteiger partial charge in [-0.15, -0.1) is 11.8 Å². The normalized spacial score (nSPS) is 15.9. The van der Waals surface area contributed by atoms with Crippen molar-refractivity contribution in [2.24, 2.45) is 0 Å². The van der Waals surface area contributed by atoms with Gasteiger partial charge < -0.3 is 0 Å². The second kappa shape index (κ2) is 6.84. The van der Waals surface area contributed by atoms with Gasteiger partial charge in [0.25, 0.3) is 0 Å². The van der Waals surface area contributed by atoms with Crippen LogP contribution in [0.15, 0.2) is 17.3 Å². The summed E-state index contributed by atoms with van der Waals surface area (Å²) < 4.78 is 73.3. The van der Waals surface area contributed by atoms with E-state index in [1.54, 1.807) is 0 Å². The average molecular weight is 481 g/mol. The molecule has 0 amide bonds. The molecule has 1 heterocycles. The zero-order chi connectivity index (χ0) is 16.5. The minimum absolute atomic E-state index is 0.00542. The highest BCUT2D eigenvalue weighted by Gasteiger charge is 2.50.